The minimum Gasteiger partial charge on any atom is -0.454 e. The molecule has 23 heavy (non-hydrogen) atoms. The summed E-state index contributed by atoms with van der Waals surface area (Å²) in [7, 11) is 0. The number of carbonyl (C=O) groups is 1. The zero-order chi connectivity index (χ0) is 16.2. The van der Waals surface area contributed by atoms with Gasteiger partial charge < -0.3 is 19.7 Å². The average molecular weight is 314 g/mol. The summed E-state index contributed by atoms with van der Waals surface area (Å²) in [5.41, 5.74) is 0.946. The molecule has 0 atom stereocenters. The lowest BCUT2D eigenvalue weighted by molar-refractivity contribution is 0.102. The highest BCUT2D eigenvalue weighted by Crippen LogP contribution is 2.34. The summed E-state index contributed by atoms with van der Waals surface area (Å²) < 4.78 is 10.5. The molecule has 1 aromatic heterocycles. The number of nitrogens with one attached hydrogen (secondary N) is 1. The molecule has 0 radical (unpaired) electrons. The Kier molecular flexibility index (Phi) is 4.27. The second-order valence-electron chi connectivity index (χ2n) is 4.96. The molecule has 0 spiro atoms. The largest absolute Gasteiger partial charge is 0.454 e. The minimum atomic E-state index is -0.292. The first-order valence-electron chi connectivity index (χ1n) is 7.49. The highest BCUT2D eigenvalue weighted by atomic mass is 16.7. The van der Waals surface area contributed by atoms with Gasteiger partial charge in [-0.25, -0.2) is 9.97 Å². The van der Waals surface area contributed by atoms with Crippen molar-refractivity contribution in [2.45, 2.75) is 13.8 Å². The van der Waals surface area contributed by atoms with E-state index in [1.54, 1.807) is 24.3 Å². The number of carbonyl (C=O) groups excluding carboxylic acids is 1. The molecule has 3 rings (SSSR count). The molecule has 1 amide bonds. The number of anilines is 2. The van der Waals surface area contributed by atoms with E-state index in [-0.39, 0.29) is 12.7 Å². The van der Waals surface area contributed by atoms with Crippen LogP contribution in [0.25, 0.3) is 0 Å². The van der Waals surface area contributed by atoms with E-state index in [2.05, 4.69) is 20.2 Å². The van der Waals surface area contributed by atoms with Crippen LogP contribution in [0.15, 0.2) is 30.6 Å². The monoisotopic (exact) mass is 314 g/mol. The maximum Gasteiger partial charge on any atom is 0.274 e. The molecular weight excluding hydrogens is 296 g/mol. The molecule has 1 aliphatic heterocycles. The van der Waals surface area contributed by atoms with Gasteiger partial charge in [-0.1, -0.05) is 0 Å². The summed E-state index contributed by atoms with van der Waals surface area (Å²) in [6.07, 6.45) is 1.40. The molecule has 0 saturated carbocycles. The summed E-state index contributed by atoms with van der Waals surface area (Å²) >= 11 is 0. The Morgan fingerprint density at radius 3 is 2.74 bits per heavy atom. The molecule has 1 N–H and O–H groups in total. The zero-order valence-corrected chi connectivity index (χ0v) is 13.1. The van der Waals surface area contributed by atoms with E-state index >= 15 is 0 Å². The van der Waals surface area contributed by atoms with Crippen molar-refractivity contribution in [2.75, 3.05) is 30.1 Å². The molecule has 2 heterocycles. The van der Waals surface area contributed by atoms with Crippen LogP contribution in [0.1, 0.15) is 24.3 Å². The van der Waals surface area contributed by atoms with Gasteiger partial charge >= 0.3 is 0 Å². The molecule has 1 aliphatic rings. The smallest absolute Gasteiger partial charge is 0.274 e. The van der Waals surface area contributed by atoms with Crippen LogP contribution in [0.2, 0.25) is 0 Å². The van der Waals surface area contributed by atoms with Crippen molar-refractivity contribution in [3.05, 3.63) is 36.3 Å². The lowest BCUT2D eigenvalue weighted by Crippen LogP contribution is -2.24. The third-order valence-corrected chi connectivity index (χ3v) is 3.60. The van der Waals surface area contributed by atoms with Crippen LogP contribution in [0.5, 0.6) is 11.5 Å². The normalized spacial score (nSPS) is 12.1. The Bertz CT molecular complexity index is 716. The van der Waals surface area contributed by atoms with Gasteiger partial charge in [-0.2, -0.15) is 0 Å². The topological polar surface area (TPSA) is 76.6 Å². The third-order valence-electron chi connectivity index (χ3n) is 3.60. The van der Waals surface area contributed by atoms with Crippen LogP contribution in [0, 0.1) is 0 Å². The minimum absolute atomic E-state index is 0.200. The predicted octanol–water partition coefficient (Wildman–Crippen LogP) is 2.30. The van der Waals surface area contributed by atoms with Gasteiger partial charge in [-0.05, 0) is 26.0 Å². The van der Waals surface area contributed by atoms with Crippen molar-refractivity contribution in [1.29, 1.82) is 0 Å². The van der Waals surface area contributed by atoms with Crippen molar-refractivity contribution >= 4 is 17.4 Å². The van der Waals surface area contributed by atoms with Gasteiger partial charge in [-0.15, -0.1) is 0 Å². The van der Waals surface area contributed by atoms with E-state index in [9.17, 15) is 4.79 Å². The van der Waals surface area contributed by atoms with Gasteiger partial charge in [0.1, 0.15) is 17.8 Å². The lowest BCUT2D eigenvalue weighted by atomic mass is 10.2. The van der Waals surface area contributed by atoms with E-state index in [0.717, 1.165) is 18.9 Å². The van der Waals surface area contributed by atoms with E-state index in [1.165, 1.54) is 6.33 Å². The molecular formula is C16H18N4O3. The Hall–Kier alpha value is -2.83. The summed E-state index contributed by atoms with van der Waals surface area (Å²) in [5.74, 6) is 1.74. The van der Waals surface area contributed by atoms with Gasteiger partial charge in [0.2, 0.25) is 6.79 Å². The fraction of sp³-hybridized carbons (Fsp3) is 0.312. The number of nitrogens with zero attached hydrogens (tertiary/aromatic N) is 3. The molecule has 7 nitrogen and oxygen atoms in total. The van der Waals surface area contributed by atoms with E-state index in [1.807, 2.05) is 13.8 Å². The van der Waals surface area contributed by atoms with Crippen molar-refractivity contribution in [1.82, 2.24) is 9.97 Å². The number of amides is 1. The van der Waals surface area contributed by atoms with Gasteiger partial charge in [0.15, 0.2) is 11.5 Å². The molecule has 0 saturated heterocycles. The van der Waals surface area contributed by atoms with E-state index in [4.69, 9.17) is 9.47 Å². The zero-order valence-electron chi connectivity index (χ0n) is 13.1. The first kappa shape index (κ1) is 15.1. The fourth-order valence-corrected chi connectivity index (χ4v) is 2.36. The molecule has 120 valence electrons. The van der Waals surface area contributed by atoms with Crippen LogP contribution >= 0.6 is 0 Å². The SMILES string of the molecule is CCN(CC)c1cc(C(=O)Nc2ccc3c(c2)OCO3)ncn1. The quantitative estimate of drug-likeness (QED) is 0.912. The number of fused-ring (bicyclic) bond motifs is 1. The van der Waals surface area contributed by atoms with Gasteiger partial charge in [0, 0.05) is 30.9 Å². The first-order valence-corrected chi connectivity index (χ1v) is 7.49. The van der Waals surface area contributed by atoms with Crippen LogP contribution < -0.4 is 19.7 Å². The molecule has 0 bridgehead atoms. The second kappa shape index (κ2) is 6.51. The predicted molar refractivity (Wildman–Crippen MR) is 86.1 cm³/mol. The molecule has 0 fully saturated rings. The Morgan fingerprint density at radius 1 is 1.17 bits per heavy atom. The maximum atomic E-state index is 12.4. The van der Waals surface area contributed by atoms with Crippen molar-refractivity contribution in [2.24, 2.45) is 0 Å². The molecule has 1 aromatic carbocycles. The number of hydrogen-bond donors (Lipinski definition) is 1. The van der Waals surface area contributed by atoms with Crippen LogP contribution in [0.4, 0.5) is 11.5 Å². The van der Waals surface area contributed by atoms with E-state index in [0.29, 0.717) is 22.9 Å². The third kappa shape index (κ3) is 3.18. The van der Waals surface area contributed by atoms with Crippen molar-refractivity contribution < 1.29 is 14.3 Å². The van der Waals surface area contributed by atoms with Crippen molar-refractivity contribution in [3.63, 3.8) is 0 Å². The lowest BCUT2D eigenvalue weighted by Gasteiger charge is -2.19. The van der Waals surface area contributed by atoms with Gasteiger partial charge in [0.25, 0.3) is 5.91 Å². The van der Waals surface area contributed by atoms with Gasteiger partial charge in [-0.3, -0.25) is 4.79 Å². The number of benzene rings is 1. The summed E-state index contributed by atoms with van der Waals surface area (Å²) in [5, 5.41) is 2.81. The van der Waals surface area contributed by atoms with Crippen molar-refractivity contribution in [3.8, 4) is 11.5 Å². The molecule has 0 aliphatic carbocycles. The van der Waals surface area contributed by atoms with E-state index < -0.39 is 0 Å². The second-order valence-corrected chi connectivity index (χ2v) is 4.96. The maximum absolute atomic E-state index is 12.4. The van der Waals surface area contributed by atoms with Crippen LogP contribution in [-0.2, 0) is 0 Å². The highest BCUT2D eigenvalue weighted by molar-refractivity contribution is 6.03. The number of ether oxygens (including phenoxy) is 2. The Labute approximate surface area is 134 Å². The average Bonchev–Trinajstić information content (AvgIpc) is 3.04. The Balaban J connectivity index is 1.77. The highest BCUT2D eigenvalue weighted by Gasteiger charge is 2.16. The standard InChI is InChI=1S/C16H18N4O3/c1-3-20(4-2)15-8-12(17-9-18-15)16(21)19-11-5-6-13-14(7-11)23-10-22-13/h5-9H,3-4,10H2,1-2H3,(H,19,21). The fourth-order valence-electron chi connectivity index (χ4n) is 2.36. The Morgan fingerprint density at radius 2 is 1.96 bits per heavy atom. The molecule has 7 heteroatoms. The summed E-state index contributed by atoms with van der Waals surface area (Å²) in [6.45, 7) is 5.91. The van der Waals surface area contributed by atoms with Crippen LogP contribution in [-0.4, -0.2) is 35.8 Å². The summed E-state index contributed by atoms with van der Waals surface area (Å²) in [6, 6.07) is 6.94. The number of hydrogen-bond acceptors (Lipinski definition) is 6. The first-order chi connectivity index (χ1) is 11.2. The van der Waals surface area contributed by atoms with Gasteiger partial charge in [0.05, 0.1) is 0 Å². The molecule has 0 unspecified atom stereocenters. The number of aromatic nitrogens is 2. The number of rotatable bonds is 5. The summed E-state index contributed by atoms with van der Waals surface area (Å²) in [4.78, 5) is 22.7. The molecule has 2 aromatic rings. The van der Waals surface area contributed by atoms with Crippen LogP contribution in [0.3, 0.4) is 0 Å².